The van der Waals surface area contributed by atoms with E-state index in [0.29, 0.717) is 5.69 Å². The second-order valence-electron chi connectivity index (χ2n) is 3.58. The zero-order chi connectivity index (χ0) is 12.4. The van der Waals surface area contributed by atoms with Crippen LogP contribution in [0.15, 0.2) is 28.7 Å². The van der Waals surface area contributed by atoms with E-state index in [0.717, 1.165) is 15.9 Å². The molecule has 0 aliphatic carbocycles. The highest BCUT2D eigenvalue weighted by atomic mass is 79.9. The molecule has 2 rings (SSSR count). The minimum absolute atomic E-state index is 0.111. The highest BCUT2D eigenvalue weighted by Gasteiger charge is 2.12. The third kappa shape index (κ3) is 2.52. The molecule has 88 valence electrons. The number of hydrogen-bond acceptors (Lipinski definition) is 3. The summed E-state index contributed by atoms with van der Waals surface area (Å²) in [6.07, 6.45) is -0.111. The SMILES string of the molecule is Cc1c(CC(=O)O)nnn1-c1cccc(Br)c1. The summed E-state index contributed by atoms with van der Waals surface area (Å²) in [7, 11) is 0. The van der Waals surface area contributed by atoms with Crippen LogP contribution in [-0.4, -0.2) is 26.1 Å². The predicted octanol–water partition coefficient (Wildman–Crippen LogP) is 1.97. The summed E-state index contributed by atoms with van der Waals surface area (Å²) in [5.41, 5.74) is 2.07. The quantitative estimate of drug-likeness (QED) is 0.940. The van der Waals surface area contributed by atoms with Crippen LogP contribution in [0.5, 0.6) is 0 Å². The van der Waals surface area contributed by atoms with Gasteiger partial charge in [0, 0.05) is 4.47 Å². The largest absolute Gasteiger partial charge is 0.481 e. The molecule has 0 bridgehead atoms. The Bertz CT molecular complexity index is 566. The molecule has 0 amide bonds. The van der Waals surface area contributed by atoms with Crippen LogP contribution in [0.3, 0.4) is 0 Å². The summed E-state index contributed by atoms with van der Waals surface area (Å²) in [6, 6.07) is 7.58. The first-order chi connectivity index (χ1) is 8.08. The number of nitrogens with zero attached hydrogens (tertiary/aromatic N) is 3. The molecule has 1 aromatic carbocycles. The van der Waals surface area contributed by atoms with Crippen molar-refractivity contribution >= 4 is 21.9 Å². The van der Waals surface area contributed by atoms with Gasteiger partial charge in [-0.25, -0.2) is 4.68 Å². The van der Waals surface area contributed by atoms with Crippen molar-refractivity contribution in [2.45, 2.75) is 13.3 Å². The van der Waals surface area contributed by atoms with Crippen molar-refractivity contribution < 1.29 is 9.90 Å². The van der Waals surface area contributed by atoms with E-state index in [4.69, 9.17) is 5.11 Å². The Morgan fingerprint density at radius 1 is 1.53 bits per heavy atom. The van der Waals surface area contributed by atoms with Crippen LogP contribution in [-0.2, 0) is 11.2 Å². The fraction of sp³-hybridized carbons (Fsp3) is 0.182. The van der Waals surface area contributed by atoms with E-state index in [1.54, 1.807) is 11.6 Å². The normalized spacial score (nSPS) is 10.5. The molecule has 0 radical (unpaired) electrons. The zero-order valence-corrected chi connectivity index (χ0v) is 10.7. The first-order valence-electron chi connectivity index (χ1n) is 4.97. The van der Waals surface area contributed by atoms with E-state index in [1.807, 2.05) is 24.3 Å². The molecule has 1 aromatic heterocycles. The molecular weight excluding hydrogens is 286 g/mol. The maximum absolute atomic E-state index is 10.6. The summed E-state index contributed by atoms with van der Waals surface area (Å²) in [5.74, 6) is -0.908. The van der Waals surface area contributed by atoms with Crippen molar-refractivity contribution in [3.63, 3.8) is 0 Å². The topological polar surface area (TPSA) is 68.0 Å². The Hall–Kier alpha value is -1.69. The third-order valence-corrected chi connectivity index (χ3v) is 2.85. The fourth-order valence-electron chi connectivity index (χ4n) is 1.52. The second kappa shape index (κ2) is 4.67. The highest BCUT2D eigenvalue weighted by molar-refractivity contribution is 9.10. The summed E-state index contributed by atoms with van der Waals surface area (Å²) < 4.78 is 2.56. The van der Waals surface area contributed by atoms with Gasteiger partial charge < -0.3 is 5.11 Å². The van der Waals surface area contributed by atoms with Crippen molar-refractivity contribution in [3.05, 3.63) is 40.1 Å². The number of carboxylic acid groups (broad SMARTS) is 1. The van der Waals surface area contributed by atoms with Gasteiger partial charge in [-0.15, -0.1) is 5.10 Å². The lowest BCUT2D eigenvalue weighted by molar-refractivity contribution is -0.136. The van der Waals surface area contributed by atoms with Crippen molar-refractivity contribution in [1.82, 2.24) is 15.0 Å². The molecule has 5 nitrogen and oxygen atoms in total. The lowest BCUT2D eigenvalue weighted by atomic mass is 10.2. The molecule has 6 heteroatoms. The average Bonchev–Trinajstić information content (AvgIpc) is 2.60. The monoisotopic (exact) mass is 295 g/mol. The number of aromatic nitrogens is 3. The summed E-state index contributed by atoms with van der Waals surface area (Å²) >= 11 is 3.38. The van der Waals surface area contributed by atoms with E-state index in [-0.39, 0.29) is 6.42 Å². The average molecular weight is 296 g/mol. The molecule has 1 N–H and O–H groups in total. The van der Waals surface area contributed by atoms with Crippen LogP contribution in [0.4, 0.5) is 0 Å². The van der Waals surface area contributed by atoms with Crippen molar-refractivity contribution in [1.29, 1.82) is 0 Å². The number of benzene rings is 1. The number of hydrogen-bond donors (Lipinski definition) is 1. The van der Waals surface area contributed by atoms with Gasteiger partial charge >= 0.3 is 5.97 Å². The molecule has 0 saturated carbocycles. The van der Waals surface area contributed by atoms with Gasteiger partial charge in [-0.1, -0.05) is 27.2 Å². The van der Waals surface area contributed by atoms with E-state index in [2.05, 4.69) is 26.2 Å². The minimum Gasteiger partial charge on any atom is -0.481 e. The summed E-state index contributed by atoms with van der Waals surface area (Å²) in [6.45, 7) is 1.80. The van der Waals surface area contributed by atoms with E-state index < -0.39 is 5.97 Å². The lowest BCUT2D eigenvalue weighted by Gasteiger charge is -2.03. The Balaban J connectivity index is 2.40. The molecule has 0 saturated heterocycles. The van der Waals surface area contributed by atoms with Gasteiger partial charge in [0.25, 0.3) is 0 Å². The first kappa shape index (κ1) is 11.8. The van der Waals surface area contributed by atoms with Gasteiger partial charge in [-0.05, 0) is 25.1 Å². The van der Waals surface area contributed by atoms with Gasteiger partial charge in [-0.3, -0.25) is 4.79 Å². The standard InChI is InChI=1S/C11H10BrN3O2/c1-7-10(6-11(16)17)13-14-15(7)9-4-2-3-8(12)5-9/h2-5H,6H2,1H3,(H,16,17). The smallest absolute Gasteiger partial charge is 0.309 e. The van der Waals surface area contributed by atoms with Gasteiger partial charge in [0.2, 0.25) is 0 Å². The lowest BCUT2D eigenvalue weighted by Crippen LogP contribution is -2.03. The molecule has 2 aromatic rings. The maximum atomic E-state index is 10.6. The van der Waals surface area contributed by atoms with Gasteiger partial charge in [0.15, 0.2) is 0 Å². The molecule has 0 aliphatic heterocycles. The van der Waals surface area contributed by atoms with Gasteiger partial charge in [-0.2, -0.15) is 0 Å². The Kier molecular flexibility index (Phi) is 3.23. The molecule has 17 heavy (non-hydrogen) atoms. The van der Waals surface area contributed by atoms with Crippen LogP contribution in [0.25, 0.3) is 5.69 Å². The molecule has 1 heterocycles. The van der Waals surface area contributed by atoms with Gasteiger partial charge in [0.1, 0.15) is 0 Å². The summed E-state index contributed by atoms with van der Waals surface area (Å²) in [5, 5.41) is 16.6. The maximum Gasteiger partial charge on any atom is 0.309 e. The van der Waals surface area contributed by atoms with Crippen molar-refractivity contribution in [2.75, 3.05) is 0 Å². The molecule has 0 unspecified atom stereocenters. The fourth-order valence-corrected chi connectivity index (χ4v) is 1.91. The Morgan fingerprint density at radius 2 is 2.29 bits per heavy atom. The number of aliphatic carboxylic acids is 1. The van der Waals surface area contributed by atoms with Crippen molar-refractivity contribution in [3.8, 4) is 5.69 Å². The zero-order valence-electron chi connectivity index (χ0n) is 9.09. The predicted molar refractivity (Wildman–Crippen MR) is 65.1 cm³/mol. The van der Waals surface area contributed by atoms with Crippen LogP contribution in [0.2, 0.25) is 0 Å². The van der Waals surface area contributed by atoms with E-state index in [9.17, 15) is 4.79 Å². The second-order valence-corrected chi connectivity index (χ2v) is 4.50. The molecule has 0 spiro atoms. The van der Waals surface area contributed by atoms with E-state index in [1.165, 1.54) is 0 Å². The molecule has 0 aliphatic rings. The number of carbonyl (C=O) groups is 1. The Labute approximate surface area is 106 Å². The highest BCUT2D eigenvalue weighted by Crippen LogP contribution is 2.17. The molecule has 0 atom stereocenters. The number of rotatable bonds is 3. The van der Waals surface area contributed by atoms with Crippen LogP contribution < -0.4 is 0 Å². The first-order valence-corrected chi connectivity index (χ1v) is 5.76. The minimum atomic E-state index is -0.908. The van der Waals surface area contributed by atoms with Crippen molar-refractivity contribution in [2.24, 2.45) is 0 Å². The van der Waals surface area contributed by atoms with Crippen LogP contribution in [0, 0.1) is 6.92 Å². The summed E-state index contributed by atoms with van der Waals surface area (Å²) in [4.78, 5) is 10.6. The number of halogens is 1. The third-order valence-electron chi connectivity index (χ3n) is 2.36. The van der Waals surface area contributed by atoms with Crippen LogP contribution >= 0.6 is 15.9 Å². The van der Waals surface area contributed by atoms with Crippen LogP contribution in [0.1, 0.15) is 11.4 Å². The molecule has 0 fully saturated rings. The van der Waals surface area contributed by atoms with Gasteiger partial charge in [0.05, 0.1) is 23.5 Å². The molecular formula is C11H10BrN3O2. The number of carboxylic acids is 1. The van der Waals surface area contributed by atoms with E-state index >= 15 is 0 Å². The Morgan fingerprint density at radius 3 is 2.94 bits per heavy atom.